The van der Waals surface area contributed by atoms with Crippen molar-refractivity contribution in [1.82, 2.24) is 24.7 Å². The molecule has 2 heterocycles. The number of ether oxygens (including phenoxy) is 1. The number of aromatic nitrogens is 5. The Morgan fingerprint density at radius 3 is 3.00 bits per heavy atom. The maximum Gasteiger partial charge on any atom is 0.191 e. The van der Waals surface area contributed by atoms with Gasteiger partial charge in [0.2, 0.25) is 0 Å². The van der Waals surface area contributed by atoms with Gasteiger partial charge in [-0.1, -0.05) is 23.9 Å². The number of nitrogens with zero attached hydrogens (tertiary/aromatic N) is 5. The fourth-order valence-electron chi connectivity index (χ4n) is 2.04. The summed E-state index contributed by atoms with van der Waals surface area (Å²) < 4.78 is 7.01. The SMILES string of the molecule is COCCn1cnnc1SCc1nc(N)c2ccccc2n1. The third-order valence-electron chi connectivity index (χ3n) is 3.13. The second kappa shape index (κ2) is 6.71. The van der Waals surface area contributed by atoms with Gasteiger partial charge in [0.15, 0.2) is 5.16 Å². The minimum atomic E-state index is 0.502. The average Bonchev–Trinajstić information content (AvgIpc) is 2.98. The highest BCUT2D eigenvalue weighted by Crippen LogP contribution is 2.22. The highest BCUT2D eigenvalue weighted by Gasteiger charge is 2.09. The van der Waals surface area contributed by atoms with Crippen molar-refractivity contribution in [2.45, 2.75) is 17.5 Å². The minimum absolute atomic E-state index is 0.502. The number of benzene rings is 1. The van der Waals surface area contributed by atoms with Crippen molar-refractivity contribution in [3.63, 3.8) is 0 Å². The molecule has 1 aromatic carbocycles. The molecule has 114 valence electrons. The summed E-state index contributed by atoms with van der Waals surface area (Å²) in [6, 6.07) is 7.72. The first-order valence-corrected chi connectivity index (χ1v) is 7.77. The van der Waals surface area contributed by atoms with E-state index in [1.54, 1.807) is 13.4 Å². The number of nitrogens with two attached hydrogens (primary N) is 1. The minimum Gasteiger partial charge on any atom is -0.383 e. The van der Waals surface area contributed by atoms with E-state index < -0.39 is 0 Å². The molecular weight excluding hydrogens is 300 g/mol. The summed E-state index contributed by atoms with van der Waals surface area (Å²) in [6.45, 7) is 1.33. The molecule has 0 amide bonds. The number of hydrogen-bond donors (Lipinski definition) is 1. The topological polar surface area (TPSA) is 91.7 Å². The summed E-state index contributed by atoms with van der Waals surface area (Å²) >= 11 is 1.53. The lowest BCUT2D eigenvalue weighted by Gasteiger charge is -2.06. The van der Waals surface area contributed by atoms with Gasteiger partial charge in [0, 0.05) is 19.0 Å². The van der Waals surface area contributed by atoms with Crippen molar-refractivity contribution < 1.29 is 4.74 Å². The number of anilines is 1. The maximum atomic E-state index is 5.99. The average molecular weight is 316 g/mol. The van der Waals surface area contributed by atoms with Crippen LogP contribution in [-0.2, 0) is 17.0 Å². The zero-order valence-electron chi connectivity index (χ0n) is 12.1. The molecule has 0 aliphatic carbocycles. The second-order valence-electron chi connectivity index (χ2n) is 4.63. The van der Waals surface area contributed by atoms with E-state index in [4.69, 9.17) is 10.5 Å². The van der Waals surface area contributed by atoms with Gasteiger partial charge in [-0.15, -0.1) is 10.2 Å². The zero-order valence-corrected chi connectivity index (χ0v) is 13.0. The van der Waals surface area contributed by atoms with E-state index in [-0.39, 0.29) is 0 Å². The molecule has 0 unspecified atom stereocenters. The van der Waals surface area contributed by atoms with Gasteiger partial charge in [0.25, 0.3) is 0 Å². The molecular formula is C14H16N6OS. The molecule has 0 fully saturated rings. The van der Waals surface area contributed by atoms with Gasteiger partial charge in [0.1, 0.15) is 18.0 Å². The normalized spacial score (nSPS) is 11.1. The third kappa shape index (κ3) is 3.18. The molecule has 0 aliphatic rings. The molecule has 0 aliphatic heterocycles. The predicted molar refractivity (Wildman–Crippen MR) is 85.4 cm³/mol. The molecule has 7 nitrogen and oxygen atoms in total. The smallest absolute Gasteiger partial charge is 0.191 e. The quantitative estimate of drug-likeness (QED) is 0.692. The van der Waals surface area contributed by atoms with Gasteiger partial charge in [0.05, 0.1) is 17.9 Å². The number of hydrogen-bond acceptors (Lipinski definition) is 7. The fraction of sp³-hybridized carbons (Fsp3) is 0.286. The van der Waals surface area contributed by atoms with Crippen LogP contribution in [0.5, 0.6) is 0 Å². The first-order chi connectivity index (χ1) is 10.8. The van der Waals surface area contributed by atoms with Crippen LogP contribution in [0.3, 0.4) is 0 Å². The van der Waals surface area contributed by atoms with E-state index in [9.17, 15) is 0 Å². The summed E-state index contributed by atoms with van der Waals surface area (Å²) in [6.07, 6.45) is 1.69. The molecule has 0 spiro atoms. The van der Waals surface area contributed by atoms with Gasteiger partial charge in [-0.2, -0.15) is 0 Å². The van der Waals surface area contributed by atoms with Crippen molar-refractivity contribution in [3.05, 3.63) is 36.4 Å². The van der Waals surface area contributed by atoms with E-state index in [1.807, 2.05) is 28.8 Å². The van der Waals surface area contributed by atoms with Crippen LogP contribution >= 0.6 is 11.8 Å². The molecule has 0 saturated carbocycles. The molecule has 22 heavy (non-hydrogen) atoms. The Hall–Kier alpha value is -2.19. The first-order valence-electron chi connectivity index (χ1n) is 6.78. The largest absolute Gasteiger partial charge is 0.383 e. The Morgan fingerprint density at radius 1 is 1.27 bits per heavy atom. The molecule has 0 radical (unpaired) electrons. The Balaban J connectivity index is 1.75. The van der Waals surface area contributed by atoms with Crippen molar-refractivity contribution in [2.75, 3.05) is 19.5 Å². The summed E-state index contributed by atoms with van der Waals surface area (Å²) in [5.41, 5.74) is 6.84. The van der Waals surface area contributed by atoms with Gasteiger partial charge < -0.3 is 15.0 Å². The van der Waals surface area contributed by atoms with Crippen molar-refractivity contribution in [1.29, 1.82) is 0 Å². The van der Waals surface area contributed by atoms with Crippen LogP contribution in [0.15, 0.2) is 35.7 Å². The summed E-state index contributed by atoms with van der Waals surface area (Å²) in [5, 5.41) is 9.72. The van der Waals surface area contributed by atoms with Crippen LogP contribution in [0.1, 0.15) is 5.82 Å². The lowest BCUT2D eigenvalue weighted by molar-refractivity contribution is 0.184. The number of methoxy groups -OCH3 is 1. The molecule has 3 aromatic rings. The second-order valence-corrected chi connectivity index (χ2v) is 5.57. The molecule has 3 rings (SSSR count). The maximum absolute atomic E-state index is 5.99. The predicted octanol–water partition coefficient (Wildman–Crippen LogP) is 1.74. The lowest BCUT2D eigenvalue weighted by atomic mass is 10.2. The van der Waals surface area contributed by atoms with Crippen molar-refractivity contribution in [2.24, 2.45) is 0 Å². The molecule has 2 aromatic heterocycles. The van der Waals surface area contributed by atoms with Crippen LogP contribution in [0.25, 0.3) is 10.9 Å². The molecule has 0 saturated heterocycles. The van der Waals surface area contributed by atoms with Gasteiger partial charge in [-0.05, 0) is 12.1 Å². The Kier molecular flexibility index (Phi) is 4.50. The van der Waals surface area contributed by atoms with Crippen LogP contribution in [0, 0.1) is 0 Å². The van der Waals surface area contributed by atoms with Crippen LogP contribution in [-0.4, -0.2) is 38.4 Å². The van der Waals surface area contributed by atoms with E-state index >= 15 is 0 Å². The van der Waals surface area contributed by atoms with Crippen molar-refractivity contribution >= 4 is 28.5 Å². The van der Waals surface area contributed by atoms with Crippen LogP contribution in [0.4, 0.5) is 5.82 Å². The van der Waals surface area contributed by atoms with Gasteiger partial charge in [-0.25, -0.2) is 9.97 Å². The van der Waals surface area contributed by atoms with Crippen LogP contribution in [0.2, 0.25) is 0 Å². The number of para-hydroxylation sites is 1. The molecule has 0 atom stereocenters. The Morgan fingerprint density at radius 2 is 2.14 bits per heavy atom. The van der Waals surface area contributed by atoms with E-state index in [0.29, 0.717) is 30.5 Å². The Labute approximate surface area is 131 Å². The lowest BCUT2D eigenvalue weighted by Crippen LogP contribution is -2.05. The first kappa shape index (κ1) is 14.7. The summed E-state index contributed by atoms with van der Waals surface area (Å²) in [4.78, 5) is 8.89. The fourth-order valence-corrected chi connectivity index (χ4v) is 2.84. The standard InChI is InChI=1S/C14H16N6OS/c1-21-7-6-20-9-16-19-14(20)22-8-12-17-11-5-3-2-4-10(11)13(15)18-12/h2-5,9H,6-8H2,1H3,(H2,15,17,18). The highest BCUT2D eigenvalue weighted by molar-refractivity contribution is 7.98. The zero-order chi connectivity index (χ0) is 15.4. The van der Waals surface area contributed by atoms with E-state index in [2.05, 4.69) is 20.2 Å². The number of thioether (sulfide) groups is 1. The Bertz CT molecular complexity index is 775. The summed E-state index contributed by atoms with van der Waals surface area (Å²) in [5.74, 6) is 1.77. The van der Waals surface area contributed by atoms with Crippen molar-refractivity contribution in [3.8, 4) is 0 Å². The molecule has 0 bridgehead atoms. The third-order valence-corrected chi connectivity index (χ3v) is 4.10. The molecule has 8 heteroatoms. The highest BCUT2D eigenvalue weighted by atomic mass is 32.2. The van der Waals surface area contributed by atoms with Crippen LogP contribution < -0.4 is 5.73 Å². The number of rotatable bonds is 6. The number of fused-ring (bicyclic) bond motifs is 1. The number of nitrogen functional groups attached to an aromatic ring is 1. The van der Waals surface area contributed by atoms with E-state index in [1.165, 1.54) is 11.8 Å². The van der Waals surface area contributed by atoms with Gasteiger partial charge in [-0.3, -0.25) is 0 Å². The summed E-state index contributed by atoms with van der Waals surface area (Å²) in [7, 11) is 1.67. The molecule has 2 N–H and O–H groups in total. The monoisotopic (exact) mass is 316 g/mol. The van der Waals surface area contributed by atoms with Gasteiger partial charge >= 0.3 is 0 Å². The van der Waals surface area contributed by atoms with E-state index in [0.717, 1.165) is 16.1 Å².